The van der Waals surface area contributed by atoms with Gasteiger partial charge >= 0.3 is 0 Å². The molecule has 2 nitrogen and oxygen atoms in total. The SMILES string of the molecule is C=C(C[C@@H](O)C(C)C)[C@H](C)CO[Si](C)(C)C(C)(C)C. The maximum Gasteiger partial charge on any atom is 0.192 e. The maximum atomic E-state index is 9.91. The van der Waals surface area contributed by atoms with Gasteiger partial charge in [0.2, 0.25) is 0 Å². The van der Waals surface area contributed by atoms with Gasteiger partial charge < -0.3 is 9.53 Å². The van der Waals surface area contributed by atoms with Crippen molar-refractivity contribution in [3.05, 3.63) is 12.2 Å². The van der Waals surface area contributed by atoms with Gasteiger partial charge in [-0.05, 0) is 36.4 Å². The highest BCUT2D eigenvalue weighted by molar-refractivity contribution is 6.74. The van der Waals surface area contributed by atoms with Crippen LogP contribution in [0.5, 0.6) is 0 Å². The summed E-state index contributed by atoms with van der Waals surface area (Å²) >= 11 is 0. The third-order valence-corrected chi connectivity index (χ3v) is 8.94. The smallest absolute Gasteiger partial charge is 0.192 e. The predicted octanol–water partition coefficient (Wildman–Crippen LogP) is 4.61. The van der Waals surface area contributed by atoms with Gasteiger partial charge in [0.05, 0.1) is 6.10 Å². The van der Waals surface area contributed by atoms with Crippen LogP contribution in [-0.4, -0.2) is 26.1 Å². The summed E-state index contributed by atoms with van der Waals surface area (Å²) in [7, 11) is -1.68. The van der Waals surface area contributed by atoms with Crippen LogP contribution < -0.4 is 0 Å². The molecule has 0 bridgehead atoms. The Morgan fingerprint density at radius 1 is 1.21 bits per heavy atom. The van der Waals surface area contributed by atoms with Crippen molar-refractivity contribution in [1.82, 2.24) is 0 Å². The van der Waals surface area contributed by atoms with Crippen LogP contribution in [0.1, 0.15) is 48.0 Å². The van der Waals surface area contributed by atoms with Crippen molar-refractivity contribution in [2.24, 2.45) is 11.8 Å². The van der Waals surface area contributed by atoms with Gasteiger partial charge in [-0.15, -0.1) is 0 Å². The molecule has 0 radical (unpaired) electrons. The summed E-state index contributed by atoms with van der Waals surface area (Å²) in [5.41, 5.74) is 1.10. The van der Waals surface area contributed by atoms with Crippen molar-refractivity contribution < 1.29 is 9.53 Å². The molecular weight excluding hydrogens is 252 g/mol. The summed E-state index contributed by atoms with van der Waals surface area (Å²) in [4.78, 5) is 0. The fourth-order valence-corrected chi connectivity index (χ4v) is 2.47. The quantitative estimate of drug-likeness (QED) is 0.547. The minimum Gasteiger partial charge on any atom is -0.416 e. The molecule has 0 saturated heterocycles. The Hall–Kier alpha value is -0.123. The van der Waals surface area contributed by atoms with Crippen LogP contribution in [0, 0.1) is 11.8 Å². The summed E-state index contributed by atoms with van der Waals surface area (Å²) in [6.45, 7) is 22.3. The summed E-state index contributed by atoms with van der Waals surface area (Å²) in [5, 5.41) is 10.2. The standard InChI is InChI=1S/C16H34O2Si/c1-12(2)15(17)10-13(3)14(4)11-18-19(8,9)16(5,6)7/h12,14-15,17H,3,10-11H2,1-2,4-9H3/t14-,15-/m1/s1. The van der Waals surface area contributed by atoms with Crippen molar-refractivity contribution in [2.45, 2.75) is 72.2 Å². The molecule has 0 aliphatic heterocycles. The molecule has 0 rings (SSSR count). The van der Waals surface area contributed by atoms with Gasteiger partial charge in [-0.1, -0.05) is 53.7 Å². The van der Waals surface area contributed by atoms with E-state index in [0.29, 0.717) is 12.3 Å². The first-order chi connectivity index (χ1) is 8.38. The first-order valence-electron chi connectivity index (χ1n) is 7.38. The Morgan fingerprint density at radius 2 is 1.68 bits per heavy atom. The third kappa shape index (κ3) is 6.24. The Labute approximate surface area is 121 Å². The number of hydrogen-bond donors (Lipinski definition) is 1. The molecule has 0 spiro atoms. The van der Waals surface area contributed by atoms with E-state index in [1.807, 2.05) is 13.8 Å². The van der Waals surface area contributed by atoms with Gasteiger partial charge in [0.1, 0.15) is 0 Å². The molecule has 114 valence electrons. The van der Waals surface area contributed by atoms with Gasteiger partial charge in [0.25, 0.3) is 0 Å². The van der Waals surface area contributed by atoms with E-state index in [2.05, 4.69) is 47.4 Å². The van der Waals surface area contributed by atoms with Gasteiger partial charge in [0.15, 0.2) is 8.32 Å². The number of rotatable bonds is 7. The lowest BCUT2D eigenvalue weighted by atomic mass is 9.93. The number of aliphatic hydroxyl groups excluding tert-OH is 1. The molecule has 0 heterocycles. The van der Waals surface area contributed by atoms with E-state index in [1.165, 1.54) is 0 Å². The first-order valence-corrected chi connectivity index (χ1v) is 10.3. The van der Waals surface area contributed by atoms with Crippen LogP contribution >= 0.6 is 0 Å². The lowest BCUT2D eigenvalue weighted by molar-refractivity contribution is 0.121. The summed E-state index contributed by atoms with van der Waals surface area (Å²) in [5.74, 6) is 0.591. The molecule has 0 aromatic heterocycles. The van der Waals surface area contributed by atoms with Crippen molar-refractivity contribution in [3.8, 4) is 0 Å². The lowest BCUT2D eigenvalue weighted by Gasteiger charge is -2.37. The zero-order chi connectivity index (χ0) is 15.4. The second-order valence-electron chi connectivity index (χ2n) is 7.65. The van der Waals surface area contributed by atoms with Crippen molar-refractivity contribution in [2.75, 3.05) is 6.61 Å². The normalized spacial score (nSPS) is 16.5. The summed E-state index contributed by atoms with van der Waals surface area (Å²) in [6.07, 6.45) is 0.391. The summed E-state index contributed by atoms with van der Waals surface area (Å²) in [6, 6.07) is 0. The molecule has 0 saturated carbocycles. The highest BCUT2D eigenvalue weighted by atomic mass is 28.4. The average molecular weight is 287 g/mol. The van der Waals surface area contributed by atoms with E-state index < -0.39 is 8.32 Å². The van der Waals surface area contributed by atoms with Crippen LogP contribution in [-0.2, 0) is 4.43 Å². The molecule has 0 aliphatic carbocycles. The molecule has 2 atom stereocenters. The Bertz CT molecular complexity index is 290. The molecular formula is C16H34O2Si. The van der Waals surface area contributed by atoms with Crippen LogP contribution in [0.4, 0.5) is 0 Å². The molecule has 0 amide bonds. The topological polar surface area (TPSA) is 29.5 Å². The van der Waals surface area contributed by atoms with E-state index in [4.69, 9.17) is 4.43 Å². The second kappa shape index (κ2) is 7.05. The molecule has 1 N–H and O–H groups in total. The zero-order valence-corrected chi connectivity index (χ0v) is 15.2. The van der Waals surface area contributed by atoms with Crippen molar-refractivity contribution in [1.29, 1.82) is 0 Å². The molecule has 0 aromatic carbocycles. The molecule has 0 unspecified atom stereocenters. The fourth-order valence-electron chi connectivity index (χ4n) is 1.37. The Kier molecular flexibility index (Phi) is 7.00. The number of aliphatic hydroxyl groups is 1. The van der Waals surface area contributed by atoms with Crippen LogP contribution in [0.25, 0.3) is 0 Å². The monoisotopic (exact) mass is 286 g/mol. The largest absolute Gasteiger partial charge is 0.416 e. The van der Waals surface area contributed by atoms with Gasteiger partial charge in [-0.3, -0.25) is 0 Å². The minimum atomic E-state index is -1.68. The highest BCUT2D eigenvalue weighted by Crippen LogP contribution is 2.37. The third-order valence-electron chi connectivity index (χ3n) is 4.44. The minimum absolute atomic E-state index is 0.242. The first kappa shape index (κ1) is 18.9. The summed E-state index contributed by atoms with van der Waals surface area (Å²) < 4.78 is 6.22. The van der Waals surface area contributed by atoms with Crippen molar-refractivity contribution in [3.63, 3.8) is 0 Å². The molecule has 0 aromatic rings. The Morgan fingerprint density at radius 3 is 2.05 bits per heavy atom. The van der Waals surface area contributed by atoms with Crippen LogP contribution in [0.2, 0.25) is 18.1 Å². The second-order valence-corrected chi connectivity index (χ2v) is 12.5. The fraction of sp³-hybridized carbons (Fsp3) is 0.875. The van der Waals surface area contributed by atoms with Crippen LogP contribution in [0.3, 0.4) is 0 Å². The molecule has 0 aliphatic rings. The van der Waals surface area contributed by atoms with Gasteiger partial charge in [-0.25, -0.2) is 0 Å². The average Bonchev–Trinajstić information content (AvgIpc) is 2.23. The van der Waals surface area contributed by atoms with E-state index in [0.717, 1.165) is 12.2 Å². The predicted molar refractivity (Wildman–Crippen MR) is 86.9 cm³/mol. The molecule has 3 heteroatoms. The van der Waals surface area contributed by atoms with Gasteiger partial charge in [0, 0.05) is 6.61 Å². The van der Waals surface area contributed by atoms with Gasteiger partial charge in [-0.2, -0.15) is 0 Å². The van der Waals surface area contributed by atoms with E-state index >= 15 is 0 Å². The van der Waals surface area contributed by atoms with E-state index in [1.54, 1.807) is 0 Å². The van der Waals surface area contributed by atoms with Crippen LogP contribution in [0.15, 0.2) is 12.2 Å². The number of hydrogen-bond acceptors (Lipinski definition) is 2. The molecule has 0 fully saturated rings. The van der Waals surface area contributed by atoms with E-state index in [9.17, 15) is 5.11 Å². The molecule has 19 heavy (non-hydrogen) atoms. The lowest BCUT2D eigenvalue weighted by Crippen LogP contribution is -2.42. The highest BCUT2D eigenvalue weighted by Gasteiger charge is 2.37. The maximum absolute atomic E-state index is 9.91. The Balaban J connectivity index is 4.32. The van der Waals surface area contributed by atoms with Crippen molar-refractivity contribution >= 4 is 8.32 Å². The van der Waals surface area contributed by atoms with E-state index in [-0.39, 0.29) is 17.1 Å². The zero-order valence-electron chi connectivity index (χ0n) is 14.2.